The second kappa shape index (κ2) is 10.2. The predicted molar refractivity (Wildman–Crippen MR) is 129 cm³/mol. The second-order valence-electron chi connectivity index (χ2n) is 7.54. The molecule has 2 aromatic carbocycles. The number of aromatic nitrogens is 1. The van der Waals surface area contributed by atoms with Crippen molar-refractivity contribution < 1.29 is 13.2 Å². The van der Waals surface area contributed by atoms with Gasteiger partial charge in [-0.2, -0.15) is 4.31 Å². The summed E-state index contributed by atoms with van der Waals surface area (Å²) in [6, 6.07) is 17.0. The predicted octanol–water partition coefficient (Wildman–Crippen LogP) is 3.57. The van der Waals surface area contributed by atoms with Gasteiger partial charge in [-0.25, -0.2) is 13.2 Å². The van der Waals surface area contributed by atoms with E-state index in [1.165, 1.54) is 16.4 Å². The molecule has 0 radical (unpaired) electrons. The lowest BCUT2D eigenvalue weighted by atomic mass is 10.2. The minimum Gasteiger partial charge on any atom is -0.368 e. The van der Waals surface area contributed by atoms with Gasteiger partial charge in [0.1, 0.15) is 0 Å². The monoisotopic (exact) mass is 485 g/mol. The molecule has 2 heterocycles. The van der Waals surface area contributed by atoms with Gasteiger partial charge in [0, 0.05) is 50.8 Å². The van der Waals surface area contributed by atoms with Gasteiger partial charge in [0.15, 0.2) is 0 Å². The molecule has 3 aromatic rings. The summed E-state index contributed by atoms with van der Waals surface area (Å²) >= 11 is 6.27. The fraction of sp³-hybridized carbons (Fsp3) is 0.217. The molecule has 0 unspecified atom stereocenters. The Morgan fingerprint density at radius 2 is 1.70 bits per heavy atom. The minimum absolute atomic E-state index is 0.190. The number of hydrogen-bond acceptors (Lipinski definition) is 5. The highest BCUT2D eigenvalue weighted by Crippen LogP contribution is 2.27. The van der Waals surface area contributed by atoms with Crippen LogP contribution in [0.1, 0.15) is 5.56 Å². The summed E-state index contributed by atoms with van der Waals surface area (Å²) in [5.74, 6) is 0. The molecule has 4 rings (SSSR count). The van der Waals surface area contributed by atoms with Gasteiger partial charge in [0.25, 0.3) is 0 Å². The van der Waals surface area contributed by atoms with E-state index in [9.17, 15) is 13.2 Å². The Hall–Kier alpha value is -3.14. The number of rotatable bonds is 6. The van der Waals surface area contributed by atoms with Crippen molar-refractivity contribution in [3.8, 4) is 0 Å². The largest absolute Gasteiger partial charge is 0.368 e. The normalized spacial score (nSPS) is 14.6. The van der Waals surface area contributed by atoms with Crippen molar-refractivity contribution >= 4 is 39.0 Å². The molecule has 172 valence electrons. The third kappa shape index (κ3) is 5.62. The van der Waals surface area contributed by atoms with Crippen molar-refractivity contribution in [3.63, 3.8) is 0 Å². The molecule has 0 saturated carbocycles. The zero-order chi connectivity index (χ0) is 23.3. The zero-order valence-corrected chi connectivity index (χ0v) is 19.4. The fourth-order valence-electron chi connectivity index (χ4n) is 3.60. The van der Waals surface area contributed by atoms with Crippen LogP contribution in [-0.2, 0) is 16.6 Å². The molecule has 1 fully saturated rings. The first-order valence-corrected chi connectivity index (χ1v) is 12.3. The van der Waals surface area contributed by atoms with Crippen LogP contribution >= 0.6 is 11.6 Å². The molecule has 1 saturated heterocycles. The quantitative estimate of drug-likeness (QED) is 0.556. The molecule has 2 amide bonds. The lowest BCUT2D eigenvalue weighted by Gasteiger charge is -2.35. The van der Waals surface area contributed by atoms with Crippen LogP contribution in [0.25, 0.3) is 0 Å². The summed E-state index contributed by atoms with van der Waals surface area (Å²) in [6.07, 6.45) is 3.34. The molecule has 0 bridgehead atoms. The van der Waals surface area contributed by atoms with Gasteiger partial charge in [-0.3, -0.25) is 4.98 Å². The molecular weight excluding hydrogens is 462 g/mol. The number of benzene rings is 2. The summed E-state index contributed by atoms with van der Waals surface area (Å²) in [5.41, 5.74) is 2.29. The highest BCUT2D eigenvalue weighted by molar-refractivity contribution is 7.89. The van der Waals surface area contributed by atoms with E-state index in [1.807, 2.05) is 30.3 Å². The van der Waals surface area contributed by atoms with Gasteiger partial charge in [-0.05, 0) is 48.0 Å². The molecule has 1 aliphatic heterocycles. The second-order valence-corrected chi connectivity index (χ2v) is 9.88. The van der Waals surface area contributed by atoms with E-state index in [0.29, 0.717) is 43.4 Å². The van der Waals surface area contributed by atoms with Crippen molar-refractivity contribution in [2.24, 2.45) is 0 Å². The van der Waals surface area contributed by atoms with E-state index in [4.69, 9.17) is 11.6 Å². The zero-order valence-electron chi connectivity index (χ0n) is 17.8. The molecule has 10 heteroatoms. The molecule has 33 heavy (non-hydrogen) atoms. The summed E-state index contributed by atoms with van der Waals surface area (Å²) in [5, 5.41) is 6.09. The van der Waals surface area contributed by atoms with E-state index >= 15 is 0 Å². The van der Waals surface area contributed by atoms with Crippen molar-refractivity contribution in [2.45, 2.75) is 11.4 Å². The van der Waals surface area contributed by atoms with Gasteiger partial charge >= 0.3 is 6.03 Å². The highest BCUT2D eigenvalue weighted by atomic mass is 35.5. The van der Waals surface area contributed by atoms with E-state index in [-0.39, 0.29) is 10.9 Å². The standard InChI is InChI=1S/C23H24ClN5O3S/c24-21-5-1-2-6-22(21)28-12-14-29(15-13-28)33(31,32)20-9-7-19(8-10-20)27-23(30)26-17-18-4-3-11-25-16-18/h1-11,16H,12-15,17H2,(H2,26,27,30). The summed E-state index contributed by atoms with van der Waals surface area (Å²) < 4.78 is 27.6. The number of para-hydroxylation sites is 1. The summed E-state index contributed by atoms with van der Waals surface area (Å²) in [7, 11) is -3.63. The molecule has 8 nitrogen and oxygen atoms in total. The van der Waals surface area contributed by atoms with Crippen molar-refractivity contribution in [1.29, 1.82) is 0 Å². The van der Waals surface area contributed by atoms with Crippen LogP contribution in [0.5, 0.6) is 0 Å². The lowest BCUT2D eigenvalue weighted by Crippen LogP contribution is -2.48. The number of nitrogens with zero attached hydrogens (tertiary/aromatic N) is 3. The van der Waals surface area contributed by atoms with Crippen LogP contribution in [0.4, 0.5) is 16.2 Å². The van der Waals surface area contributed by atoms with Crippen LogP contribution < -0.4 is 15.5 Å². The first-order chi connectivity index (χ1) is 15.9. The summed E-state index contributed by atoms with van der Waals surface area (Å²) in [4.78, 5) is 18.4. The van der Waals surface area contributed by atoms with Crippen LogP contribution in [0.3, 0.4) is 0 Å². The van der Waals surface area contributed by atoms with Gasteiger partial charge in [0.2, 0.25) is 10.0 Å². The molecule has 0 atom stereocenters. The third-order valence-electron chi connectivity index (χ3n) is 5.36. The van der Waals surface area contributed by atoms with Gasteiger partial charge < -0.3 is 15.5 Å². The number of urea groups is 1. The van der Waals surface area contributed by atoms with E-state index in [0.717, 1.165) is 11.3 Å². The van der Waals surface area contributed by atoms with E-state index in [2.05, 4.69) is 20.5 Å². The van der Waals surface area contributed by atoms with Gasteiger partial charge in [-0.15, -0.1) is 0 Å². The van der Waals surface area contributed by atoms with Crippen molar-refractivity contribution in [3.05, 3.63) is 83.6 Å². The maximum Gasteiger partial charge on any atom is 0.319 e. The average Bonchev–Trinajstić information content (AvgIpc) is 2.84. The fourth-order valence-corrected chi connectivity index (χ4v) is 5.27. The number of sulfonamides is 1. The van der Waals surface area contributed by atoms with Crippen LogP contribution in [-0.4, -0.2) is 49.9 Å². The number of nitrogens with one attached hydrogen (secondary N) is 2. The lowest BCUT2D eigenvalue weighted by molar-refractivity contribution is 0.251. The Labute approximate surface area is 198 Å². The Kier molecular flexibility index (Phi) is 7.12. The number of carbonyl (C=O) groups excluding carboxylic acids is 1. The number of pyridine rings is 1. The summed E-state index contributed by atoms with van der Waals surface area (Å²) in [6.45, 7) is 2.18. The first-order valence-electron chi connectivity index (χ1n) is 10.5. The first kappa shape index (κ1) is 23.0. The molecule has 0 aliphatic carbocycles. The number of carbonyl (C=O) groups is 1. The van der Waals surface area contributed by atoms with Crippen molar-refractivity contribution in [2.75, 3.05) is 36.4 Å². The van der Waals surface area contributed by atoms with Gasteiger partial charge in [0.05, 0.1) is 15.6 Å². The smallest absolute Gasteiger partial charge is 0.319 e. The average molecular weight is 486 g/mol. The number of amides is 2. The van der Waals surface area contributed by atoms with Crippen LogP contribution in [0, 0.1) is 0 Å². The molecule has 2 N–H and O–H groups in total. The number of halogens is 1. The van der Waals surface area contributed by atoms with Crippen molar-refractivity contribution in [1.82, 2.24) is 14.6 Å². The Balaban J connectivity index is 1.33. The molecule has 1 aliphatic rings. The molecule has 1 aromatic heterocycles. The highest BCUT2D eigenvalue weighted by Gasteiger charge is 2.29. The topological polar surface area (TPSA) is 94.6 Å². The number of hydrogen-bond donors (Lipinski definition) is 2. The Morgan fingerprint density at radius 1 is 0.970 bits per heavy atom. The Bertz CT molecular complexity index is 1200. The SMILES string of the molecule is O=C(NCc1cccnc1)Nc1ccc(S(=O)(=O)N2CCN(c3ccccc3Cl)CC2)cc1. The minimum atomic E-state index is -3.63. The van der Waals surface area contributed by atoms with Crippen LogP contribution in [0.2, 0.25) is 5.02 Å². The molecule has 0 spiro atoms. The Morgan fingerprint density at radius 3 is 2.36 bits per heavy atom. The third-order valence-corrected chi connectivity index (χ3v) is 7.59. The van der Waals surface area contributed by atoms with E-state index < -0.39 is 10.0 Å². The van der Waals surface area contributed by atoms with E-state index in [1.54, 1.807) is 30.6 Å². The number of anilines is 2. The van der Waals surface area contributed by atoms with Crippen LogP contribution in [0.15, 0.2) is 78.0 Å². The maximum atomic E-state index is 13.1. The number of piperazine rings is 1. The molecular formula is C23H24ClN5O3S. The van der Waals surface area contributed by atoms with Gasteiger partial charge in [-0.1, -0.05) is 29.8 Å². The maximum absolute atomic E-state index is 13.1.